The third-order valence-electron chi connectivity index (χ3n) is 3.39. The van der Waals surface area contributed by atoms with Gasteiger partial charge >= 0.3 is 5.00 Å². The summed E-state index contributed by atoms with van der Waals surface area (Å²) in [7, 11) is 0. The normalized spacial score (nSPS) is 15.9. The first-order valence-corrected chi connectivity index (χ1v) is 9.12. The van der Waals surface area contributed by atoms with E-state index in [1.54, 1.807) is 11.4 Å². The lowest BCUT2D eigenvalue weighted by atomic mass is 10.2. The predicted octanol–water partition coefficient (Wildman–Crippen LogP) is 3.84. The number of hydrogen-bond donors (Lipinski definition) is 0. The van der Waals surface area contributed by atoms with Crippen LogP contribution in [0.4, 0.5) is 5.00 Å². The Morgan fingerprint density at radius 1 is 1.32 bits per heavy atom. The van der Waals surface area contributed by atoms with Crippen LogP contribution in [0.25, 0.3) is 0 Å². The van der Waals surface area contributed by atoms with Crippen LogP contribution in [0, 0.1) is 10.1 Å². The van der Waals surface area contributed by atoms with Crippen LogP contribution in [0.5, 0.6) is 11.5 Å². The van der Waals surface area contributed by atoms with Crippen LogP contribution in [-0.4, -0.2) is 21.7 Å². The summed E-state index contributed by atoms with van der Waals surface area (Å²) in [6, 6.07) is 8.93. The van der Waals surface area contributed by atoms with E-state index in [1.807, 2.05) is 24.3 Å². The van der Waals surface area contributed by atoms with Crippen LogP contribution >= 0.6 is 23.1 Å². The van der Waals surface area contributed by atoms with Gasteiger partial charge in [-0.25, -0.2) is 0 Å². The van der Waals surface area contributed by atoms with Gasteiger partial charge in [0.15, 0.2) is 11.5 Å². The zero-order chi connectivity index (χ0) is 17.2. The quantitative estimate of drug-likeness (QED) is 0.375. The molecule has 1 aliphatic heterocycles. The molecule has 10 heteroatoms. The first-order valence-electron chi connectivity index (χ1n) is 7.25. The molecule has 0 saturated heterocycles. The Bertz CT molecular complexity index is 910. The molecular formula is C15H11N3O5S2. The van der Waals surface area contributed by atoms with Gasteiger partial charge in [-0.05, 0) is 17.7 Å². The molecule has 128 valence electrons. The van der Waals surface area contributed by atoms with Gasteiger partial charge in [-0.15, -0.1) is 10.2 Å². The van der Waals surface area contributed by atoms with Crippen molar-refractivity contribution in [1.82, 2.24) is 10.2 Å². The molecule has 0 unspecified atom stereocenters. The molecule has 1 aromatic carbocycles. The number of benzene rings is 1. The van der Waals surface area contributed by atoms with Gasteiger partial charge in [-0.3, -0.25) is 10.1 Å². The van der Waals surface area contributed by atoms with Crippen LogP contribution in [0.3, 0.4) is 0 Å². The Morgan fingerprint density at radius 3 is 2.96 bits per heavy atom. The van der Waals surface area contributed by atoms with Gasteiger partial charge in [-0.2, -0.15) is 0 Å². The highest BCUT2D eigenvalue weighted by Crippen LogP contribution is 2.36. The maximum atomic E-state index is 10.7. The second-order valence-electron chi connectivity index (χ2n) is 5.11. The summed E-state index contributed by atoms with van der Waals surface area (Å²) in [5.74, 6) is 2.17. The largest absolute Gasteiger partial charge is 0.485 e. The second-order valence-corrected chi connectivity index (χ2v) is 6.93. The fourth-order valence-electron chi connectivity index (χ4n) is 2.23. The fraction of sp³-hybridized carbons (Fsp3) is 0.200. The van der Waals surface area contributed by atoms with Gasteiger partial charge < -0.3 is 13.9 Å². The highest BCUT2D eigenvalue weighted by Gasteiger charge is 2.27. The number of thiophene rings is 1. The highest BCUT2D eigenvalue weighted by molar-refractivity contribution is 7.98. The third kappa shape index (κ3) is 3.44. The molecular weight excluding hydrogens is 366 g/mol. The predicted molar refractivity (Wildman–Crippen MR) is 90.1 cm³/mol. The summed E-state index contributed by atoms with van der Waals surface area (Å²) >= 11 is 2.42. The fourth-order valence-corrected chi connectivity index (χ4v) is 3.76. The molecule has 8 nitrogen and oxygen atoms in total. The van der Waals surface area contributed by atoms with Crippen LogP contribution < -0.4 is 9.47 Å². The zero-order valence-corrected chi connectivity index (χ0v) is 14.3. The molecule has 2 aromatic heterocycles. The van der Waals surface area contributed by atoms with Crippen molar-refractivity contribution in [2.75, 3.05) is 6.61 Å². The lowest BCUT2D eigenvalue weighted by Gasteiger charge is -2.23. The van der Waals surface area contributed by atoms with Crippen molar-refractivity contribution >= 4 is 28.1 Å². The van der Waals surface area contributed by atoms with E-state index in [2.05, 4.69) is 10.2 Å². The van der Waals surface area contributed by atoms with Crippen molar-refractivity contribution in [1.29, 1.82) is 0 Å². The Balaban J connectivity index is 1.40. The Morgan fingerprint density at radius 2 is 2.16 bits per heavy atom. The monoisotopic (exact) mass is 377 g/mol. The van der Waals surface area contributed by atoms with Crippen molar-refractivity contribution in [3.8, 4) is 11.5 Å². The number of rotatable bonds is 5. The Labute approximate surface area is 149 Å². The number of nitrogens with zero attached hydrogens (tertiary/aromatic N) is 3. The maximum Gasteiger partial charge on any atom is 0.324 e. The Hall–Kier alpha value is -2.59. The Kier molecular flexibility index (Phi) is 4.28. The average molecular weight is 377 g/mol. The molecule has 25 heavy (non-hydrogen) atoms. The molecule has 3 aromatic rings. The van der Waals surface area contributed by atoms with E-state index < -0.39 is 11.0 Å². The van der Waals surface area contributed by atoms with E-state index in [1.165, 1.54) is 11.8 Å². The topological polar surface area (TPSA) is 101 Å². The van der Waals surface area contributed by atoms with Crippen molar-refractivity contribution in [2.24, 2.45) is 0 Å². The van der Waals surface area contributed by atoms with E-state index in [0.29, 0.717) is 35.0 Å². The first-order chi connectivity index (χ1) is 12.2. The van der Waals surface area contributed by atoms with E-state index in [-0.39, 0.29) is 5.00 Å². The van der Waals surface area contributed by atoms with Crippen LogP contribution in [0.1, 0.15) is 17.6 Å². The van der Waals surface area contributed by atoms with Gasteiger partial charge in [-0.1, -0.05) is 35.2 Å². The summed E-state index contributed by atoms with van der Waals surface area (Å²) in [6.07, 6.45) is -0.459. The minimum Gasteiger partial charge on any atom is -0.485 e. The molecule has 0 spiro atoms. The average Bonchev–Trinajstić information content (AvgIpc) is 3.29. The van der Waals surface area contributed by atoms with E-state index >= 15 is 0 Å². The van der Waals surface area contributed by atoms with Gasteiger partial charge in [0.2, 0.25) is 6.10 Å². The lowest BCUT2D eigenvalue weighted by molar-refractivity contribution is -0.380. The summed E-state index contributed by atoms with van der Waals surface area (Å²) in [6.45, 7) is 0.292. The molecule has 0 N–H and O–H groups in total. The minimum absolute atomic E-state index is 0.119. The van der Waals surface area contributed by atoms with Gasteiger partial charge in [0.25, 0.3) is 11.1 Å². The zero-order valence-electron chi connectivity index (χ0n) is 12.7. The number of nitro groups is 1. The van der Waals surface area contributed by atoms with E-state index in [0.717, 1.165) is 16.9 Å². The first kappa shape index (κ1) is 15.9. The molecule has 1 atom stereocenters. The molecule has 4 rings (SSSR count). The second kappa shape index (κ2) is 6.73. The molecule has 0 saturated carbocycles. The molecule has 0 radical (unpaired) electrons. The van der Waals surface area contributed by atoms with Gasteiger partial charge in [0, 0.05) is 17.2 Å². The SMILES string of the molecule is O=[N+]([O-])c1cc(CSc2nnc([C@@H]3COc4ccccc4O3)o2)cs1. The smallest absolute Gasteiger partial charge is 0.324 e. The number of aromatic nitrogens is 2. The minimum atomic E-state index is -0.459. The number of hydrogen-bond acceptors (Lipinski definition) is 9. The molecule has 0 fully saturated rings. The van der Waals surface area contributed by atoms with Gasteiger partial charge in [0.05, 0.1) is 4.92 Å². The summed E-state index contributed by atoms with van der Waals surface area (Å²) in [4.78, 5) is 10.3. The molecule has 0 bridgehead atoms. The molecule has 1 aliphatic rings. The van der Waals surface area contributed by atoms with Crippen molar-refractivity contribution in [2.45, 2.75) is 17.1 Å². The number of ether oxygens (including phenoxy) is 2. The van der Waals surface area contributed by atoms with Crippen molar-refractivity contribution in [3.63, 3.8) is 0 Å². The third-order valence-corrected chi connectivity index (χ3v) is 5.21. The van der Waals surface area contributed by atoms with Crippen LogP contribution in [0.2, 0.25) is 0 Å². The van der Waals surface area contributed by atoms with Crippen LogP contribution in [0.15, 0.2) is 45.4 Å². The van der Waals surface area contributed by atoms with Gasteiger partial charge in [0.1, 0.15) is 6.61 Å². The molecule has 0 amide bonds. The summed E-state index contributed by atoms with van der Waals surface area (Å²) < 4.78 is 17.1. The lowest BCUT2D eigenvalue weighted by Crippen LogP contribution is -2.21. The molecule has 0 aliphatic carbocycles. The number of thioether (sulfide) groups is 1. The number of fused-ring (bicyclic) bond motifs is 1. The summed E-state index contributed by atoms with van der Waals surface area (Å²) in [5.41, 5.74) is 0.840. The maximum absolute atomic E-state index is 10.7. The number of para-hydroxylation sites is 2. The molecule has 3 heterocycles. The van der Waals surface area contributed by atoms with Crippen molar-refractivity contribution < 1.29 is 18.8 Å². The summed E-state index contributed by atoms with van der Waals surface area (Å²) in [5, 5.41) is 20.9. The van der Waals surface area contributed by atoms with E-state index in [4.69, 9.17) is 13.9 Å². The van der Waals surface area contributed by atoms with E-state index in [9.17, 15) is 10.1 Å². The highest BCUT2D eigenvalue weighted by atomic mass is 32.2. The van der Waals surface area contributed by atoms with Crippen LogP contribution in [-0.2, 0) is 5.75 Å². The van der Waals surface area contributed by atoms with Crippen molar-refractivity contribution in [3.05, 3.63) is 57.3 Å². The standard InChI is InChI=1S/C15H11N3O5S2/c19-18(20)13-5-9(7-24-13)8-25-15-17-16-14(23-15)12-6-21-10-3-1-2-4-11(10)22-12/h1-5,7,12H,6,8H2/t12-/m0/s1.